The number of hydrogen-bond donors (Lipinski definition) is 0. The van der Waals surface area contributed by atoms with Crippen LogP contribution in [0.4, 0.5) is 19.0 Å². The van der Waals surface area contributed by atoms with Gasteiger partial charge < -0.3 is 9.80 Å². The molecule has 5 nitrogen and oxygen atoms in total. The molecule has 150 valence electrons. The number of rotatable bonds is 5. The third kappa shape index (κ3) is 6.35. The van der Waals surface area contributed by atoms with E-state index < -0.39 is 17.3 Å². The van der Waals surface area contributed by atoms with Crippen molar-refractivity contribution in [2.45, 2.75) is 58.0 Å². The Kier molecular flexibility index (Phi) is 7.04. The van der Waals surface area contributed by atoms with Gasteiger partial charge in [-0.3, -0.25) is 0 Å². The maximum atomic E-state index is 13.3. The predicted molar refractivity (Wildman–Crippen MR) is 98.5 cm³/mol. The molecular formula is C19H28F3N5. The lowest BCUT2D eigenvalue weighted by Gasteiger charge is -2.26. The van der Waals surface area contributed by atoms with E-state index in [0.717, 1.165) is 45.0 Å². The standard InChI is InChI=1S/C19H28F3N5/c1-18(2,3)17-24-15(19(20,21)22)14-16(25-17)27-11-7-10-26(12-13-27)9-6-4-5-8-23/h14H,4-7,9-13H2,1-3H3. The van der Waals surface area contributed by atoms with E-state index in [4.69, 9.17) is 5.26 Å². The Morgan fingerprint density at radius 1 is 1.07 bits per heavy atom. The van der Waals surface area contributed by atoms with Crippen molar-refractivity contribution in [1.29, 1.82) is 5.26 Å². The summed E-state index contributed by atoms with van der Waals surface area (Å²) in [6.45, 7) is 9.37. The second-order valence-corrected chi connectivity index (χ2v) is 7.98. The Balaban J connectivity index is 2.14. The zero-order valence-corrected chi connectivity index (χ0v) is 16.3. The molecule has 0 saturated carbocycles. The summed E-state index contributed by atoms with van der Waals surface area (Å²) in [5.41, 5.74) is -1.44. The van der Waals surface area contributed by atoms with Crippen LogP contribution < -0.4 is 4.90 Å². The van der Waals surface area contributed by atoms with Gasteiger partial charge in [-0.1, -0.05) is 20.8 Å². The van der Waals surface area contributed by atoms with Gasteiger partial charge in [-0.15, -0.1) is 0 Å². The van der Waals surface area contributed by atoms with Crippen molar-refractivity contribution in [1.82, 2.24) is 14.9 Å². The highest BCUT2D eigenvalue weighted by Gasteiger charge is 2.35. The van der Waals surface area contributed by atoms with Crippen LogP contribution in [0.3, 0.4) is 0 Å². The van der Waals surface area contributed by atoms with Crippen LogP contribution in [0.15, 0.2) is 6.07 Å². The van der Waals surface area contributed by atoms with Crippen molar-refractivity contribution in [2.75, 3.05) is 37.6 Å². The Morgan fingerprint density at radius 3 is 2.44 bits per heavy atom. The monoisotopic (exact) mass is 383 g/mol. The molecule has 1 fully saturated rings. The molecule has 0 radical (unpaired) electrons. The van der Waals surface area contributed by atoms with Crippen LogP contribution in [0.1, 0.15) is 58.0 Å². The first-order valence-electron chi connectivity index (χ1n) is 9.42. The summed E-state index contributed by atoms with van der Waals surface area (Å²) in [7, 11) is 0. The minimum absolute atomic E-state index is 0.213. The van der Waals surface area contributed by atoms with Crippen LogP contribution in [-0.4, -0.2) is 47.6 Å². The first kappa shape index (κ1) is 21.4. The number of nitriles is 1. The molecule has 1 aromatic rings. The summed E-state index contributed by atoms with van der Waals surface area (Å²) >= 11 is 0. The summed E-state index contributed by atoms with van der Waals surface area (Å²) in [6.07, 6.45) is -1.21. The second kappa shape index (κ2) is 8.87. The van der Waals surface area contributed by atoms with E-state index in [0.29, 0.717) is 25.3 Å². The quantitative estimate of drug-likeness (QED) is 0.720. The SMILES string of the molecule is CC(C)(C)c1nc(N2CCCN(CCCCC#N)CC2)cc(C(F)(F)F)n1. The van der Waals surface area contributed by atoms with Crippen LogP contribution in [0.25, 0.3) is 0 Å². The number of halogens is 3. The van der Waals surface area contributed by atoms with Gasteiger partial charge in [0.1, 0.15) is 17.3 Å². The normalized spacial score (nSPS) is 16.9. The summed E-state index contributed by atoms with van der Waals surface area (Å²) in [6, 6.07) is 3.22. The summed E-state index contributed by atoms with van der Waals surface area (Å²) < 4.78 is 39.9. The third-order valence-corrected chi connectivity index (χ3v) is 4.60. The van der Waals surface area contributed by atoms with Gasteiger partial charge in [0.25, 0.3) is 0 Å². The fourth-order valence-corrected chi connectivity index (χ4v) is 3.04. The molecule has 2 rings (SSSR count). The molecule has 0 aliphatic carbocycles. The molecule has 1 aliphatic heterocycles. The smallest absolute Gasteiger partial charge is 0.355 e. The van der Waals surface area contributed by atoms with Crippen molar-refractivity contribution in [3.63, 3.8) is 0 Å². The fourth-order valence-electron chi connectivity index (χ4n) is 3.04. The van der Waals surface area contributed by atoms with Gasteiger partial charge in [-0.2, -0.15) is 18.4 Å². The summed E-state index contributed by atoms with van der Waals surface area (Å²) in [4.78, 5) is 12.5. The highest BCUT2D eigenvalue weighted by atomic mass is 19.4. The van der Waals surface area contributed by atoms with E-state index in [1.54, 1.807) is 0 Å². The van der Waals surface area contributed by atoms with Gasteiger partial charge in [-0.25, -0.2) is 9.97 Å². The summed E-state index contributed by atoms with van der Waals surface area (Å²) in [5.74, 6) is 0.568. The maximum absolute atomic E-state index is 13.3. The van der Waals surface area contributed by atoms with E-state index in [2.05, 4.69) is 20.9 Å². The first-order chi connectivity index (χ1) is 12.6. The fraction of sp³-hybridized carbons (Fsp3) is 0.737. The molecular weight excluding hydrogens is 355 g/mol. The molecule has 2 heterocycles. The van der Waals surface area contributed by atoms with E-state index in [1.807, 2.05) is 25.7 Å². The number of alkyl halides is 3. The van der Waals surface area contributed by atoms with Crippen molar-refractivity contribution < 1.29 is 13.2 Å². The lowest BCUT2D eigenvalue weighted by atomic mass is 9.95. The van der Waals surface area contributed by atoms with Crippen molar-refractivity contribution in [3.05, 3.63) is 17.6 Å². The maximum Gasteiger partial charge on any atom is 0.433 e. The van der Waals surface area contributed by atoms with Gasteiger partial charge in [0.2, 0.25) is 0 Å². The molecule has 0 aromatic carbocycles. The van der Waals surface area contributed by atoms with Crippen LogP contribution in [-0.2, 0) is 11.6 Å². The number of hydrogen-bond acceptors (Lipinski definition) is 5. The minimum Gasteiger partial charge on any atom is -0.355 e. The van der Waals surface area contributed by atoms with Gasteiger partial charge in [0.15, 0.2) is 0 Å². The van der Waals surface area contributed by atoms with Gasteiger partial charge in [-0.05, 0) is 32.4 Å². The molecule has 0 bridgehead atoms. The number of anilines is 1. The molecule has 0 N–H and O–H groups in total. The molecule has 0 spiro atoms. The van der Waals surface area contributed by atoms with Gasteiger partial charge >= 0.3 is 6.18 Å². The predicted octanol–water partition coefficient (Wildman–Crippen LogP) is 4.00. The van der Waals surface area contributed by atoms with Crippen molar-refractivity contribution >= 4 is 5.82 Å². The molecule has 1 saturated heterocycles. The summed E-state index contributed by atoms with van der Waals surface area (Å²) in [5, 5.41) is 8.61. The molecule has 1 aromatic heterocycles. The zero-order valence-electron chi connectivity index (χ0n) is 16.3. The molecule has 8 heteroatoms. The van der Waals surface area contributed by atoms with Gasteiger partial charge in [0, 0.05) is 37.5 Å². The first-order valence-corrected chi connectivity index (χ1v) is 9.42. The number of nitrogens with zero attached hydrogens (tertiary/aromatic N) is 5. The van der Waals surface area contributed by atoms with E-state index in [-0.39, 0.29) is 5.82 Å². The van der Waals surface area contributed by atoms with Crippen LogP contribution in [0.2, 0.25) is 0 Å². The lowest BCUT2D eigenvalue weighted by molar-refractivity contribution is -0.141. The number of aromatic nitrogens is 2. The Morgan fingerprint density at radius 2 is 1.81 bits per heavy atom. The van der Waals surface area contributed by atoms with Crippen molar-refractivity contribution in [3.8, 4) is 6.07 Å². The largest absolute Gasteiger partial charge is 0.433 e. The second-order valence-electron chi connectivity index (χ2n) is 7.98. The van der Waals surface area contributed by atoms with Crippen molar-refractivity contribution in [2.24, 2.45) is 0 Å². The topological polar surface area (TPSA) is 56.1 Å². The van der Waals surface area contributed by atoms with E-state index in [1.165, 1.54) is 0 Å². The third-order valence-electron chi connectivity index (χ3n) is 4.60. The Labute approximate surface area is 159 Å². The highest BCUT2D eigenvalue weighted by Crippen LogP contribution is 2.32. The minimum atomic E-state index is -4.49. The lowest BCUT2D eigenvalue weighted by Crippen LogP contribution is -2.32. The average Bonchev–Trinajstić information content (AvgIpc) is 2.82. The molecule has 27 heavy (non-hydrogen) atoms. The highest BCUT2D eigenvalue weighted by molar-refractivity contribution is 5.41. The van der Waals surface area contributed by atoms with Crippen LogP contribution in [0, 0.1) is 11.3 Å². The number of unbranched alkanes of at least 4 members (excludes halogenated alkanes) is 2. The van der Waals surface area contributed by atoms with Crippen LogP contribution >= 0.6 is 0 Å². The molecule has 0 amide bonds. The Bertz CT molecular complexity index is 629. The van der Waals surface area contributed by atoms with E-state index in [9.17, 15) is 13.2 Å². The zero-order chi connectivity index (χ0) is 20.1. The Hall–Kier alpha value is -1.88. The molecule has 1 aliphatic rings. The average molecular weight is 383 g/mol. The van der Waals surface area contributed by atoms with E-state index >= 15 is 0 Å². The molecule has 0 atom stereocenters. The van der Waals surface area contributed by atoms with Gasteiger partial charge in [0.05, 0.1) is 6.07 Å². The molecule has 0 unspecified atom stereocenters. The van der Waals surface area contributed by atoms with Crippen LogP contribution in [0.5, 0.6) is 0 Å².